The lowest BCUT2D eigenvalue weighted by atomic mass is 10.1. The molecule has 0 aromatic carbocycles. The number of aryl methyl sites for hydroxylation is 2. The van der Waals surface area contributed by atoms with Crippen molar-refractivity contribution >= 4 is 11.7 Å². The number of carbonyl (C=O) groups excluding carboxylic acids is 1. The third-order valence-corrected chi connectivity index (χ3v) is 2.92. The van der Waals surface area contributed by atoms with E-state index in [2.05, 4.69) is 10.4 Å². The first-order valence-electron chi connectivity index (χ1n) is 5.62. The van der Waals surface area contributed by atoms with Crippen LogP contribution in [0.1, 0.15) is 25.0 Å². The fourth-order valence-electron chi connectivity index (χ4n) is 1.83. The average molecular weight is 222 g/mol. The van der Waals surface area contributed by atoms with Crippen molar-refractivity contribution in [1.29, 1.82) is 0 Å². The maximum absolute atomic E-state index is 11.7. The average Bonchev–Trinajstić information content (AvgIpc) is 2.95. The zero-order valence-electron chi connectivity index (χ0n) is 9.73. The first kappa shape index (κ1) is 11.1. The SMILES string of the molecule is Cc1cc(NC(=O)CC(N)C2CC2)n(C)n1. The number of hydrogen-bond donors (Lipinski definition) is 2. The fraction of sp³-hybridized carbons (Fsp3) is 0.636. The Morgan fingerprint density at radius 3 is 2.94 bits per heavy atom. The number of anilines is 1. The van der Waals surface area contributed by atoms with E-state index in [1.165, 1.54) is 12.8 Å². The Morgan fingerprint density at radius 2 is 2.44 bits per heavy atom. The van der Waals surface area contributed by atoms with Crippen LogP contribution in [0.5, 0.6) is 0 Å². The number of amides is 1. The number of hydrogen-bond acceptors (Lipinski definition) is 3. The minimum Gasteiger partial charge on any atom is -0.327 e. The lowest BCUT2D eigenvalue weighted by Gasteiger charge is -2.10. The topological polar surface area (TPSA) is 72.9 Å². The van der Waals surface area contributed by atoms with Crippen LogP contribution in [0.2, 0.25) is 0 Å². The van der Waals surface area contributed by atoms with Crippen LogP contribution in [0.4, 0.5) is 5.82 Å². The summed E-state index contributed by atoms with van der Waals surface area (Å²) in [7, 11) is 1.81. The smallest absolute Gasteiger partial charge is 0.227 e. The summed E-state index contributed by atoms with van der Waals surface area (Å²) in [4.78, 5) is 11.7. The normalized spacial score (nSPS) is 17.2. The lowest BCUT2D eigenvalue weighted by Crippen LogP contribution is -2.29. The molecule has 0 radical (unpaired) electrons. The quantitative estimate of drug-likeness (QED) is 0.791. The Hall–Kier alpha value is -1.36. The molecule has 1 heterocycles. The number of nitrogens with zero attached hydrogens (tertiary/aromatic N) is 2. The van der Waals surface area contributed by atoms with E-state index >= 15 is 0 Å². The third kappa shape index (κ3) is 2.61. The van der Waals surface area contributed by atoms with Crippen LogP contribution in [-0.2, 0) is 11.8 Å². The fourth-order valence-corrected chi connectivity index (χ4v) is 1.83. The van der Waals surface area contributed by atoms with Crippen LogP contribution in [0.3, 0.4) is 0 Å². The summed E-state index contributed by atoms with van der Waals surface area (Å²) in [6.07, 6.45) is 2.73. The summed E-state index contributed by atoms with van der Waals surface area (Å²) < 4.78 is 1.66. The first-order chi connectivity index (χ1) is 7.56. The van der Waals surface area contributed by atoms with Gasteiger partial charge in [-0.25, -0.2) is 0 Å². The minimum absolute atomic E-state index is 0.00863. The Morgan fingerprint density at radius 1 is 1.75 bits per heavy atom. The van der Waals surface area contributed by atoms with Gasteiger partial charge in [0.25, 0.3) is 0 Å². The van der Waals surface area contributed by atoms with Gasteiger partial charge < -0.3 is 11.1 Å². The van der Waals surface area contributed by atoms with E-state index in [0.717, 1.165) is 11.5 Å². The van der Waals surface area contributed by atoms with Gasteiger partial charge in [0, 0.05) is 25.6 Å². The summed E-state index contributed by atoms with van der Waals surface area (Å²) in [6, 6.07) is 1.86. The second kappa shape index (κ2) is 4.25. The highest BCUT2D eigenvalue weighted by Crippen LogP contribution is 2.32. The molecule has 88 valence electrons. The molecule has 0 bridgehead atoms. The number of nitrogens with one attached hydrogen (secondary N) is 1. The van der Waals surface area contributed by atoms with Crippen molar-refractivity contribution in [2.45, 2.75) is 32.2 Å². The van der Waals surface area contributed by atoms with Crippen molar-refractivity contribution in [3.05, 3.63) is 11.8 Å². The summed E-state index contributed by atoms with van der Waals surface area (Å²) in [5.41, 5.74) is 6.79. The molecule has 1 saturated carbocycles. The maximum Gasteiger partial charge on any atom is 0.227 e. The van der Waals surface area contributed by atoms with Crippen molar-refractivity contribution in [3.8, 4) is 0 Å². The predicted octanol–water partition coefficient (Wildman–Crippen LogP) is 0.794. The van der Waals surface area contributed by atoms with Gasteiger partial charge in [-0.2, -0.15) is 5.10 Å². The Balaban J connectivity index is 1.88. The van der Waals surface area contributed by atoms with E-state index in [-0.39, 0.29) is 11.9 Å². The summed E-state index contributed by atoms with van der Waals surface area (Å²) in [6.45, 7) is 1.89. The zero-order chi connectivity index (χ0) is 11.7. The van der Waals surface area contributed by atoms with Crippen molar-refractivity contribution in [1.82, 2.24) is 9.78 Å². The van der Waals surface area contributed by atoms with Gasteiger partial charge in [-0.05, 0) is 25.7 Å². The van der Waals surface area contributed by atoms with Crippen molar-refractivity contribution in [2.75, 3.05) is 5.32 Å². The van der Waals surface area contributed by atoms with Crippen LogP contribution in [0.15, 0.2) is 6.07 Å². The zero-order valence-corrected chi connectivity index (χ0v) is 9.73. The highest BCUT2D eigenvalue weighted by molar-refractivity contribution is 5.90. The molecule has 0 spiro atoms. The van der Waals surface area contributed by atoms with E-state index in [0.29, 0.717) is 12.3 Å². The van der Waals surface area contributed by atoms with E-state index < -0.39 is 0 Å². The van der Waals surface area contributed by atoms with Crippen LogP contribution in [0.25, 0.3) is 0 Å². The molecule has 0 aliphatic heterocycles. The Kier molecular flexibility index (Phi) is 2.96. The molecular formula is C11H18N4O. The molecule has 1 aromatic rings. The Bertz CT molecular complexity index is 395. The number of nitrogens with two attached hydrogens (primary N) is 1. The molecule has 3 N–H and O–H groups in total. The highest BCUT2D eigenvalue weighted by Gasteiger charge is 2.29. The van der Waals surface area contributed by atoms with Gasteiger partial charge >= 0.3 is 0 Å². The van der Waals surface area contributed by atoms with Gasteiger partial charge in [0.1, 0.15) is 5.82 Å². The number of rotatable bonds is 4. The molecule has 1 amide bonds. The van der Waals surface area contributed by atoms with E-state index in [9.17, 15) is 4.79 Å². The van der Waals surface area contributed by atoms with E-state index in [1.54, 1.807) is 4.68 Å². The summed E-state index contributed by atoms with van der Waals surface area (Å²) in [5.74, 6) is 1.26. The summed E-state index contributed by atoms with van der Waals surface area (Å²) in [5, 5.41) is 6.99. The molecule has 5 nitrogen and oxygen atoms in total. The number of aromatic nitrogens is 2. The van der Waals surface area contributed by atoms with Crippen LogP contribution in [0, 0.1) is 12.8 Å². The third-order valence-electron chi connectivity index (χ3n) is 2.92. The van der Waals surface area contributed by atoms with Gasteiger partial charge in [-0.3, -0.25) is 9.48 Å². The van der Waals surface area contributed by atoms with Crippen LogP contribution in [-0.4, -0.2) is 21.7 Å². The molecule has 5 heteroatoms. The van der Waals surface area contributed by atoms with Crippen molar-refractivity contribution < 1.29 is 4.79 Å². The van der Waals surface area contributed by atoms with Gasteiger partial charge in [0.15, 0.2) is 0 Å². The molecule has 1 aliphatic rings. The highest BCUT2D eigenvalue weighted by atomic mass is 16.1. The standard InChI is InChI=1S/C11H18N4O/c1-7-5-10(15(2)14-7)13-11(16)6-9(12)8-3-4-8/h5,8-9H,3-4,6,12H2,1-2H3,(H,13,16). The van der Waals surface area contributed by atoms with Crippen LogP contribution >= 0.6 is 0 Å². The molecule has 0 saturated heterocycles. The summed E-state index contributed by atoms with van der Waals surface area (Å²) >= 11 is 0. The maximum atomic E-state index is 11.7. The molecule has 2 rings (SSSR count). The van der Waals surface area contributed by atoms with E-state index in [1.807, 2.05) is 20.0 Å². The first-order valence-corrected chi connectivity index (χ1v) is 5.62. The molecule has 1 aromatic heterocycles. The monoisotopic (exact) mass is 222 g/mol. The Labute approximate surface area is 95.0 Å². The van der Waals surface area contributed by atoms with Gasteiger partial charge in [-0.1, -0.05) is 0 Å². The van der Waals surface area contributed by atoms with E-state index in [4.69, 9.17) is 5.73 Å². The second-order valence-electron chi connectivity index (χ2n) is 4.55. The lowest BCUT2D eigenvalue weighted by molar-refractivity contribution is -0.116. The van der Waals surface area contributed by atoms with Crippen molar-refractivity contribution in [2.24, 2.45) is 18.7 Å². The van der Waals surface area contributed by atoms with Crippen LogP contribution < -0.4 is 11.1 Å². The minimum atomic E-state index is -0.0256. The van der Waals surface area contributed by atoms with Crippen molar-refractivity contribution in [3.63, 3.8) is 0 Å². The molecule has 16 heavy (non-hydrogen) atoms. The second-order valence-corrected chi connectivity index (χ2v) is 4.55. The molecular weight excluding hydrogens is 204 g/mol. The molecule has 1 atom stereocenters. The molecule has 1 fully saturated rings. The van der Waals surface area contributed by atoms with Gasteiger partial charge in [0.05, 0.1) is 5.69 Å². The predicted molar refractivity (Wildman–Crippen MR) is 61.9 cm³/mol. The largest absolute Gasteiger partial charge is 0.327 e. The van der Waals surface area contributed by atoms with Gasteiger partial charge in [0.2, 0.25) is 5.91 Å². The molecule has 1 aliphatic carbocycles. The van der Waals surface area contributed by atoms with Gasteiger partial charge in [-0.15, -0.1) is 0 Å². The number of carbonyl (C=O) groups is 1. The molecule has 1 unspecified atom stereocenters.